The zero-order valence-corrected chi connectivity index (χ0v) is 14.7. The van der Waals surface area contributed by atoms with Gasteiger partial charge in [-0.3, -0.25) is 14.6 Å². The number of carbonyl (C=O) groups is 2. The molecule has 7 nitrogen and oxygen atoms in total. The van der Waals surface area contributed by atoms with Crippen molar-refractivity contribution in [2.45, 2.75) is 32.0 Å². The molecule has 0 aliphatic carbocycles. The molecule has 3 rings (SSSR count). The molecule has 2 heterocycles. The van der Waals surface area contributed by atoms with Crippen molar-refractivity contribution in [3.63, 3.8) is 0 Å². The van der Waals surface area contributed by atoms with Crippen molar-refractivity contribution in [2.75, 3.05) is 0 Å². The average Bonchev–Trinajstić information content (AvgIpc) is 3.17. The molecule has 8 heteroatoms. The zero-order chi connectivity index (χ0) is 19.2. The first-order chi connectivity index (χ1) is 13.0. The van der Waals surface area contributed by atoms with Crippen molar-refractivity contribution in [2.24, 2.45) is 5.16 Å². The second-order valence-electron chi connectivity index (χ2n) is 6.15. The predicted octanol–water partition coefficient (Wildman–Crippen LogP) is 1.53. The number of rotatable bonds is 6. The number of hydrogen-bond donors (Lipinski definition) is 2. The summed E-state index contributed by atoms with van der Waals surface area (Å²) < 4.78 is 13.3. The zero-order valence-electron chi connectivity index (χ0n) is 14.7. The molecule has 1 aromatic heterocycles. The van der Waals surface area contributed by atoms with E-state index in [9.17, 15) is 14.0 Å². The molecule has 0 saturated carbocycles. The SMILES string of the molecule is CC(NC(=O)C1CC(c2cccc(F)c2)=NO1)C(=O)NCc1ccncc1. The number of benzene rings is 1. The molecular weight excluding hydrogens is 351 g/mol. The Morgan fingerprint density at radius 3 is 2.81 bits per heavy atom. The maximum atomic E-state index is 13.3. The number of aromatic nitrogens is 1. The van der Waals surface area contributed by atoms with Crippen LogP contribution in [0.2, 0.25) is 0 Å². The van der Waals surface area contributed by atoms with Crippen LogP contribution in [0, 0.1) is 5.82 Å². The van der Waals surface area contributed by atoms with Crippen LogP contribution in [0.25, 0.3) is 0 Å². The molecule has 1 aliphatic heterocycles. The predicted molar refractivity (Wildman–Crippen MR) is 96.1 cm³/mol. The molecule has 0 bridgehead atoms. The largest absolute Gasteiger partial charge is 0.382 e. The minimum absolute atomic E-state index is 0.209. The third-order valence-electron chi connectivity index (χ3n) is 4.09. The van der Waals surface area contributed by atoms with E-state index in [0.29, 0.717) is 17.8 Å². The molecule has 0 radical (unpaired) electrons. The maximum Gasteiger partial charge on any atom is 0.264 e. The van der Waals surface area contributed by atoms with Gasteiger partial charge >= 0.3 is 0 Å². The first kappa shape index (κ1) is 18.5. The molecule has 0 fully saturated rings. The van der Waals surface area contributed by atoms with Crippen molar-refractivity contribution in [1.82, 2.24) is 15.6 Å². The van der Waals surface area contributed by atoms with Gasteiger partial charge in [0, 0.05) is 30.9 Å². The fourth-order valence-corrected chi connectivity index (χ4v) is 2.57. The van der Waals surface area contributed by atoms with Gasteiger partial charge in [-0.1, -0.05) is 17.3 Å². The van der Waals surface area contributed by atoms with Crippen LogP contribution in [0.1, 0.15) is 24.5 Å². The Morgan fingerprint density at radius 2 is 2.07 bits per heavy atom. The third-order valence-corrected chi connectivity index (χ3v) is 4.09. The Labute approximate surface area is 155 Å². The molecule has 1 aliphatic rings. The van der Waals surface area contributed by atoms with Gasteiger partial charge in [-0.2, -0.15) is 0 Å². The lowest BCUT2D eigenvalue weighted by atomic mass is 10.0. The highest BCUT2D eigenvalue weighted by Crippen LogP contribution is 2.17. The molecule has 0 saturated heterocycles. The summed E-state index contributed by atoms with van der Waals surface area (Å²) in [5.74, 6) is -1.15. The fourth-order valence-electron chi connectivity index (χ4n) is 2.57. The molecule has 140 valence electrons. The number of pyridine rings is 1. The van der Waals surface area contributed by atoms with Crippen LogP contribution in [0.3, 0.4) is 0 Å². The standard InChI is InChI=1S/C19H19FN4O3/c1-12(18(25)22-11-13-5-7-21-8-6-13)23-19(26)17-10-16(24-27-17)14-3-2-4-15(20)9-14/h2-9,12,17H,10-11H2,1H3,(H,22,25)(H,23,26). The van der Waals surface area contributed by atoms with E-state index in [1.807, 2.05) is 0 Å². The van der Waals surface area contributed by atoms with Crippen LogP contribution in [-0.4, -0.2) is 34.7 Å². The van der Waals surface area contributed by atoms with Gasteiger partial charge in [0.2, 0.25) is 12.0 Å². The highest BCUT2D eigenvalue weighted by Gasteiger charge is 2.30. The summed E-state index contributed by atoms with van der Waals surface area (Å²) in [6.07, 6.45) is 2.64. The summed E-state index contributed by atoms with van der Waals surface area (Å²) in [6, 6.07) is 8.77. The minimum atomic E-state index is -0.848. The summed E-state index contributed by atoms with van der Waals surface area (Å²) in [6.45, 7) is 1.93. The molecule has 2 aromatic rings. The van der Waals surface area contributed by atoms with Gasteiger partial charge in [-0.05, 0) is 36.8 Å². The van der Waals surface area contributed by atoms with Crippen molar-refractivity contribution >= 4 is 17.5 Å². The minimum Gasteiger partial charge on any atom is -0.382 e. The van der Waals surface area contributed by atoms with Gasteiger partial charge < -0.3 is 15.5 Å². The van der Waals surface area contributed by atoms with Gasteiger partial charge in [-0.25, -0.2) is 4.39 Å². The van der Waals surface area contributed by atoms with Crippen molar-refractivity contribution in [3.05, 3.63) is 65.7 Å². The molecule has 2 atom stereocenters. The lowest BCUT2D eigenvalue weighted by molar-refractivity contribution is -0.135. The highest BCUT2D eigenvalue weighted by molar-refractivity contribution is 6.04. The number of halogens is 1. The van der Waals surface area contributed by atoms with E-state index in [0.717, 1.165) is 5.56 Å². The number of hydrogen-bond acceptors (Lipinski definition) is 5. The smallest absolute Gasteiger partial charge is 0.264 e. The third kappa shape index (κ3) is 4.87. The van der Waals surface area contributed by atoms with Gasteiger partial charge in [0.1, 0.15) is 11.9 Å². The van der Waals surface area contributed by atoms with E-state index in [-0.39, 0.29) is 18.1 Å². The maximum absolute atomic E-state index is 13.3. The Morgan fingerprint density at radius 1 is 1.30 bits per heavy atom. The van der Waals surface area contributed by atoms with Gasteiger partial charge in [0.05, 0.1) is 5.71 Å². The normalized spacial score (nSPS) is 16.8. The number of nitrogens with zero attached hydrogens (tertiary/aromatic N) is 2. The molecule has 2 amide bonds. The quantitative estimate of drug-likeness (QED) is 0.807. The molecule has 0 spiro atoms. The first-order valence-corrected chi connectivity index (χ1v) is 8.48. The first-order valence-electron chi connectivity index (χ1n) is 8.48. The van der Waals surface area contributed by atoms with E-state index >= 15 is 0 Å². The molecular formula is C19H19FN4O3. The molecule has 2 unspecified atom stereocenters. The van der Waals surface area contributed by atoms with Crippen LogP contribution >= 0.6 is 0 Å². The van der Waals surface area contributed by atoms with Gasteiger partial charge in [0.25, 0.3) is 5.91 Å². The van der Waals surface area contributed by atoms with Crippen molar-refractivity contribution in [1.29, 1.82) is 0 Å². The van der Waals surface area contributed by atoms with Crippen LogP contribution in [0.15, 0.2) is 53.9 Å². The van der Waals surface area contributed by atoms with E-state index in [4.69, 9.17) is 4.84 Å². The van der Waals surface area contributed by atoms with Crippen LogP contribution in [0.4, 0.5) is 4.39 Å². The lowest BCUT2D eigenvalue weighted by Gasteiger charge is -2.16. The fraction of sp³-hybridized carbons (Fsp3) is 0.263. The summed E-state index contributed by atoms with van der Waals surface area (Å²) in [7, 11) is 0. The second kappa shape index (κ2) is 8.39. The Balaban J connectivity index is 1.48. The Kier molecular flexibility index (Phi) is 5.75. The van der Waals surface area contributed by atoms with E-state index < -0.39 is 18.1 Å². The Bertz CT molecular complexity index is 857. The molecule has 27 heavy (non-hydrogen) atoms. The number of oxime groups is 1. The van der Waals surface area contributed by atoms with Crippen LogP contribution < -0.4 is 10.6 Å². The highest BCUT2D eigenvalue weighted by atomic mass is 19.1. The van der Waals surface area contributed by atoms with E-state index in [1.165, 1.54) is 12.1 Å². The lowest BCUT2D eigenvalue weighted by Crippen LogP contribution is -2.48. The van der Waals surface area contributed by atoms with Gasteiger partial charge in [0.15, 0.2) is 0 Å². The van der Waals surface area contributed by atoms with Crippen LogP contribution in [0.5, 0.6) is 0 Å². The van der Waals surface area contributed by atoms with E-state index in [2.05, 4.69) is 20.8 Å². The van der Waals surface area contributed by atoms with Gasteiger partial charge in [-0.15, -0.1) is 0 Å². The van der Waals surface area contributed by atoms with Crippen molar-refractivity contribution in [3.8, 4) is 0 Å². The number of carbonyl (C=O) groups excluding carboxylic acids is 2. The number of amides is 2. The monoisotopic (exact) mass is 370 g/mol. The van der Waals surface area contributed by atoms with Crippen molar-refractivity contribution < 1.29 is 18.8 Å². The molecule has 1 aromatic carbocycles. The van der Waals surface area contributed by atoms with Crippen LogP contribution in [-0.2, 0) is 21.0 Å². The average molecular weight is 370 g/mol. The topological polar surface area (TPSA) is 92.7 Å². The van der Waals surface area contributed by atoms with E-state index in [1.54, 1.807) is 43.6 Å². The molecule has 2 N–H and O–H groups in total. The number of nitrogens with one attached hydrogen (secondary N) is 2. The second-order valence-corrected chi connectivity index (χ2v) is 6.15. The summed E-state index contributed by atoms with van der Waals surface area (Å²) >= 11 is 0. The Hall–Kier alpha value is -3.29. The summed E-state index contributed by atoms with van der Waals surface area (Å²) in [4.78, 5) is 33.5. The summed E-state index contributed by atoms with van der Waals surface area (Å²) in [5, 5.41) is 9.21. The summed E-state index contributed by atoms with van der Waals surface area (Å²) in [5.41, 5.74) is 1.96.